The highest BCUT2D eigenvalue weighted by molar-refractivity contribution is 7.91. The maximum absolute atomic E-state index is 12.7. The molecule has 1 aromatic heterocycles. The lowest BCUT2D eigenvalue weighted by Gasteiger charge is -2.15. The van der Waals surface area contributed by atoms with E-state index in [0.717, 1.165) is 73.7 Å². The number of aromatic nitrogens is 1. The Morgan fingerprint density at radius 2 is 1.79 bits per heavy atom. The Hall–Kier alpha value is -2.39. The summed E-state index contributed by atoms with van der Waals surface area (Å²) in [5.74, 6) is 0. The first kappa shape index (κ1) is 18.9. The van der Waals surface area contributed by atoms with Crippen LogP contribution in [-0.4, -0.2) is 15.2 Å². The summed E-state index contributed by atoms with van der Waals surface area (Å²) in [7, 11) is -3.59. The van der Waals surface area contributed by atoms with Crippen molar-refractivity contribution in [1.82, 2.24) is 4.98 Å². The van der Waals surface area contributed by atoms with Crippen LogP contribution in [0.4, 0.5) is 19.3 Å². The van der Waals surface area contributed by atoms with E-state index in [-0.39, 0.29) is 4.90 Å². The van der Waals surface area contributed by atoms with E-state index in [1.807, 2.05) is 0 Å². The molecule has 0 fully saturated rings. The fourth-order valence-electron chi connectivity index (χ4n) is 3.97. The van der Waals surface area contributed by atoms with Crippen molar-refractivity contribution in [1.29, 1.82) is 0 Å². The number of carbonyl (C=O) groups excluding carboxylic acids is 1. The number of pyridine rings is 1. The monoisotopic (exact) mass is 406 g/mol. The molecule has 0 saturated carbocycles. The molecule has 0 saturated heterocycles. The van der Waals surface area contributed by atoms with E-state index in [1.165, 1.54) is 11.1 Å². The van der Waals surface area contributed by atoms with Crippen molar-refractivity contribution in [2.24, 2.45) is 9.50 Å². The minimum absolute atomic E-state index is 0.0735. The molecule has 3 N–H and O–H groups in total. The van der Waals surface area contributed by atoms with Crippen LogP contribution in [0.2, 0.25) is 0 Å². The molecule has 2 aliphatic carbocycles. The van der Waals surface area contributed by atoms with Crippen LogP contribution in [0.5, 0.6) is 0 Å². The van der Waals surface area contributed by atoms with E-state index in [1.54, 1.807) is 0 Å². The molecule has 4 rings (SSSR count). The molecule has 9 heteroatoms. The highest BCUT2D eigenvalue weighted by Crippen LogP contribution is 2.38. The predicted molar refractivity (Wildman–Crippen MR) is 102 cm³/mol. The summed E-state index contributed by atoms with van der Waals surface area (Å²) in [6, 6.07) is 3.61. The second-order valence-corrected chi connectivity index (χ2v) is 8.83. The Balaban J connectivity index is 1.63. The van der Waals surface area contributed by atoms with Gasteiger partial charge < -0.3 is 5.32 Å². The van der Waals surface area contributed by atoms with Gasteiger partial charge in [-0.2, -0.15) is 0 Å². The predicted octanol–water partition coefficient (Wildman–Crippen LogP) is 3.93. The molecular weight excluding hydrogens is 386 g/mol. The average molecular weight is 406 g/mol. The van der Waals surface area contributed by atoms with Gasteiger partial charge in [0.05, 0.1) is 4.90 Å². The third-order valence-corrected chi connectivity index (χ3v) is 6.60. The summed E-state index contributed by atoms with van der Waals surface area (Å²) < 4.78 is 41.5. The molecule has 2 amide bonds. The van der Waals surface area contributed by atoms with Crippen LogP contribution in [0.1, 0.15) is 47.2 Å². The van der Waals surface area contributed by atoms with Crippen LogP contribution in [0.3, 0.4) is 0 Å². The number of alkyl halides is 2. The van der Waals surface area contributed by atoms with Gasteiger partial charge in [-0.05, 0) is 72.9 Å². The Bertz CT molecular complexity index is 1030. The molecule has 0 bridgehead atoms. The van der Waals surface area contributed by atoms with Crippen molar-refractivity contribution < 1.29 is 17.8 Å². The standard InChI is InChI=1S/C19H20F2N4O2S/c20-18(21)16-8-7-13(10-23-16)28(22,27)25-19(26)24-17-14-5-1-3-11(14)9-12-4-2-6-15(12)17/h7-10,18H,1-6H2,(H3,22,24,25,26,27). The third kappa shape index (κ3) is 3.51. The van der Waals surface area contributed by atoms with Crippen molar-refractivity contribution in [3.8, 4) is 0 Å². The topological polar surface area (TPSA) is 97.4 Å². The SMILES string of the molecule is NS(=O)(=NC(=O)Nc1c2c(cc3c1CCC3)CCC2)c1ccc(C(F)F)nc1. The minimum Gasteiger partial charge on any atom is -0.305 e. The summed E-state index contributed by atoms with van der Waals surface area (Å²) in [6.45, 7) is 0. The number of amides is 2. The number of benzene rings is 1. The molecule has 1 aromatic carbocycles. The maximum Gasteiger partial charge on any atom is 0.354 e. The zero-order chi connectivity index (χ0) is 19.9. The summed E-state index contributed by atoms with van der Waals surface area (Å²) in [5, 5.41) is 8.51. The zero-order valence-electron chi connectivity index (χ0n) is 15.1. The van der Waals surface area contributed by atoms with Crippen LogP contribution in [0.25, 0.3) is 0 Å². The first-order valence-electron chi connectivity index (χ1n) is 9.11. The first-order valence-corrected chi connectivity index (χ1v) is 10.7. The average Bonchev–Trinajstić information content (AvgIpc) is 3.30. The fourth-order valence-corrected chi connectivity index (χ4v) is 4.83. The lowest BCUT2D eigenvalue weighted by Crippen LogP contribution is -2.19. The van der Waals surface area contributed by atoms with Gasteiger partial charge in [0, 0.05) is 11.9 Å². The van der Waals surface area contributed by atoms with Gasteiger partial charge in [-0.25, -0.2) is 22.9 Å². The van der Waals surface area contributed by atoms with Crippen molar-refractivity contribution in [3.63, 3.8) is 0 Å². The Labute approximate surface area is 161 Å². The summed E-state index contributed by atoms with van der Waals surface area (Å²) >= 11 is 0. The second-order valence-electron chi connectivity index (χ2n) is 7.04. The van der Waals surface area contributed by atoms with E-state index in [9.17, 15) is 17.8 Å². The van der Waals surface area contributed by atoms with Gasteiger partial charge in [-0.3, -0.25) is 4.98 Å². The summed E-state index contributed by atoms with van der Waals surface area (Å²) in [5.41, 5.74) is 5.05. The molecule has 28 heavy (non-hydrogen) atoms. The van der Waals surface area contributed by atoms with E-state index in [2.05, 4.69) is 20.7 Å². The molecular formula is C19H20F2N4O2S. The number of rotatable bonds is 3. The van der Waals surface area contributed by atoms with Crippen LogP contribution < -0.4 is 10.5 Å². The van der Waals surface area contributed by atoms with Gasteiger partial charge in [0.25, 0.3) is 6.43 Å². The molecule has 2 aromatic rings. The molecule has 0 radical (unpaired) electrons. The number of nitrogens with two attached hydrogens (primary N) is 1. The van der Waals surface area contributed by atoms with Gasteiger partial charge in [-0.1, -0.05) is 6.07 Å². The van der Waals surface area contributed by atoms with Crippen molar-refractivity contribution in [2.45, 2.75) is 49.8 Å². The van der Waals surface area contributed by atoms with Crippen LogP contribution in [-0.2, 0) is 35.6 Å². The number of hydrogen-bond donors (Lipinski definition) is 2. The van der Waals surface area contributed by atoms with Gasteiger partial charge in [0.1, 0.15) is 15.6 Å². The number of fused-ring (bicyclic) bond motifs is 2. The lowest BCUT2D eigenvalue weighted by molar-refractivity contribution is 0.146. The van der Waals surface area contributed by atoms with E-state index < -0.39 is 28.1 Å². The number of aryl methyl sites for hydroxylation is 2. The molecule has 1 atom stereocenters. The Morgan fingerprint density at radius 1 is 1.14 bits per heavy atom. The van der Waals surface area contributed by atoms with Crippen LogP contribution in [0, 0.1) is 0 Å². The highest BCUT2D eigenvalue weighted by atomic mass is 32.2. The quantitative estimate of drug-likeness (QED) is 0.808. The number of nitrogens with zero attached hydrogens (tertiary/aromatic N) is 2. The van der Waals surface area contributed by atoms with E-state index >= 15 is 0 Å². The number of urea groups is 1. The van der Waals surface area contributed by atoms with Crippen molar-refractivity contribution in [3.05, 3.63) is 52.3 Å². The van der Waals surface area contributed by atoms with Gasteiger partial charge >= 0.3 is 6.03 Å². The summed E-state index contributed by atoms with van der Waals surface area (Å²) in [4.78, 5) is 16.0. The Kier molecular flexibility index (Phi) is 4.88. The molecule has 148 valence electrons. The molecule has 1 unspecified atom stereocenters. The van der Waals surface area contributed by atoms with Gasteiger partial charge in [-0.15, -0.1) is 4.36 Å². The summed E-state index contributed by atoms with van der Waals surface area (Å²) in [6.07, 6.45) is 4.03. The number of anilines is 1. The number of hydrogen-bond acceptors (Lipinski definition) is 3. The lowest BCUT2D eigenvalue weighted by atomic mass is 9.99. The van der Waals surface area contributed by atoms with Crippen LogP contribution >= 0.6 is 0 Å². The molecule has 0 spiro atoms. The van der Waals surface area contributed by atoms with E-state index in [4.69, 9.17) is 5.14 Å². The number of carbonyl (C=O) groups is 1. The minimum atomic E-state index is -3.59. The molecule has 2 aliphatic rings. The van der Waals surface area contributed by atoms with E-state index in [0.29, 0.717) is 0 Å². The van der Waals surface area contributed by atoms with Crippen LogP contribution in [0.15, 0.2) is 33.7 Å². The maximum atomic E-state index is 12.7. The second kappa shape index (κ2) is 7.21. The zero-order valence-corrected chi connectivity index (χ0v) is 15.9. The Morgan fingerprint density at radius 3 is 2.32 bits per heavy atom. The normalized spacial score (nSPS) is 17.1. The number of nitrogens with one attached hydrogen (secondary N) is 1. The highest BCUT2D eigenvalue weighted by Gasteiger charge is 2.25. The smallest absolute Gasteiger partial charge is 0.305 e. The number of halogens is 2. The van der Waals surface area contributed by atoms with Crippen molar-refractivity contribution in [2.75, 3.05) is 5.32 Å². The van der Waals surface area contributed by atoms with Crippen molar-refractivity contribution >= 4 is 21.6 Å². The third-order valence-electron chi connectivity index (χ3n) is 5.24. The van der Waals surface area contributed by atoms with Gasteiger partial charge in [0.15, 0.2) is 0 Å². The fraction of sp³-hybridized carbons (Fsp3) is 0.368. The largest absolute Gasteiger partial charge is 0.354 e. The van der Waals surface area contributed by atoms with Gasteiger partial charge in [0.2, 0.25) is 0 Å². The molecule has 0 aliphatic heterocycles. The molecule has 1 heterocycles. The molecule has 6 nitrogen and oxygen atoms in total. The first-order chi connectivity index (χ1) is 13.3.